The number of benzene rings is 1. The molecule has 0 saturated carbocycles. The summed E-state index contributed by atoms with van der Waals surface area (Å²) in [7, 11) is 0. The molecule has 2 fully saturated rings. The fraction of sp³-hybridized carbons (Fsp3) is 0.529. The predicted molar refractivity (Wildman–Crippen MR) is 88.3 cm³/mol. The Labute approximate surface area is 135 Å². The summed E-state index contributed by atoms with van der Waals surface area (Å²) >= 11 is 1.75. The highest BCUT2D eigenvalue weighted by Gasteiger charge is 2.53. The van der Waals surface area contributed by atoms with Gasteiger partial charge in [0.15, 0.2) is 0 Å². The van der Waals surface area contributed by atoms with Crippen molar-refractivity contribution in [3.8, 4) is 0 Å². The van der Waals surface area contributed by atoms with Gasteiger partial charge in [0.05, 0.1) is 4.87 Å². The van der Waals surface area contributed by atoms with E-state index in [1.807, 2.05) is 47.1 Å². The van der Waals surface area contributed by atoms with E-state index in [0.717, 1.165) is 12.0 Å². The van der Waals surface area contributed by atoms with Crippen molar-refractivity contribution in [2.75, 3.05) is 12.3 Å². The lowest BCUT2D eigenvalue weighted by Crippen LogP contribution is -2.51. The second-order valence-corrected chi connectivity index (χ2v) is 7.61. The van der Waals surface area contributed by atoms with Gasteiger partial charge in [-0.3, -0.25) is 9.59 Å². The van der Waals surface area contributed by atoms with E-state index >= 15 is 0 Å². The summed E-state index contributed by atoms with van der Waals surface area (Å²) < 4.78 is 0. The van der Waals surface area contributed by atoms with E-state index in [1.165, 1.54) is 0 Å². The highest BCUT2D eigenvalue weighted by Crippen LogP contribution is 2.47. The summed E-state index contributed by atoms with van der Waals surface area (Å²) in [4.78, 5) is 28.6. The molecular formula is C17H22N2O2S. The second-order valence-electron chi connectivity index (χ2n) is 6.10. The molecule has 0 bridgehead atoms. The van der Waals surface area contributed by atoms with Crippen molar-refractivity contribution in [1.29, 1.82) is 0 Å². The Morgan fingerprint density at radius 3 is 2.82 bits per heavy atom. The largest absolute Gasteiger partial charge is 0.337 e. The van der Waals surface area contributed by atoms with Crippen LogP contribution in [0.4, 0.5) is 0 Å². The Bertz CT molecular complexity index is 577. The SMILES string of the molecule is CCN(Cc1ccccc1)C(=O)C1CSC2(C)CCC(=O)N12. The molecule has 2 aliphatic rings. The van der Waals surface area contributed by atoms with Gasteiger partial charge in [0.25, 0.3) is 0 Å². The Balaban J connectivity index is 1.76. The lowest BCUT2D eigenvalue weighted by Gasteiger charge is -2.32. The number of likely N-dealkylation sites (N-methyl/N-ethyl adjacent to an activating group) is 1. The second kappa shape index (κ2) is 5.95. The van der Waals surface area contributed by atoms with Crippen LogP contribution in [-0.4, -0.2) is 44.8 Å². The molecule has 0 aromatic heterocycles. The zero-order chi connectivity index (χ0) is 15.7. The van der Waals surface area contributed by atoms with Crippen LogP contribution < -0.4 is 0 Å². The van der Waals surface area contributed by atoms with E-state index in [4.69, 9.17) is 0 Å². The third kappa shape index (κ3) is 2.62. The van der Waals surface area contributed by atoms with E-state index in [9.17, 15) is 9.59 Å². The molecule has 0 radical (unpaired) electrons. The van der Waals surface area contributed by atoms with Crippen LogP contribution in [0.3, 0.4) is 0 Å². The number of carbonyl (C=O) groups is 2. The van der Waals surface area contributed by atoms with Gasteiger partial charge in [-0.2, -0.15) is 0 Å². The Hall–Kier alpha value is -1.49. The number of amides is 2. The first kappa shape index (κ1) is 15.4. The van der Waals surface area contributed by atoms with Gasteiger partial charge in [0.2, 0.25) is 11.8 Å². The van der Waals surface area contributed by atoms with E-state index in [-0.39, 0.29) is 22.7 Å². The first-order valence-electron chi connectivity index (χ1n) is 7.84. The smallest absolute Gasteiger partial charge is 0.246 e. The number of hydrogen-bond acceptors (Lipinski definition) is 3. The predicted octanol–water partition coefficient (Wildman–Crippen LogP) is 2.49. The van der Waals surface area contributed by atoms with Crippen LogP contribution in [0.25, 0.3) is 0 Å². The lowest BCUT2D eigenvalue weighted by atomic mass is 10.1. The maximum Gasteiger partial charge on any atom is 0.246 e. The molecule has 3 rings (SSSR count). The molecule has 0 N–H and O–H groups in total. The first-order chi connectivity index (χ1) is 10.5. The monoisotopic (exact) mass is 318 g/mol. The summed E-state index contributed by atoms with van der Waals surface area (Å²) in [5, 5.41) is 0. The zero-order valence-electron chi connectivity index (χ0n) is 13.1. The van der Waals surface area contributed by atoms with Crippen molar-refractivity contribution < 1.29 is 9.59 Å². The van der Waals surface area contributed by atoms with Crippen LogP contribution in [0.1, 0.15) is 32.3 Å². The van der Waals surface area contributed by atoms with E-state index in [0.29, 0.717) is 25.3 Å². The molecule has 2 amide bonds. The van der Waals surface area contributed by atoms with Gasteiger partial charge in [-0.05, 0) is 25.8 Å². The molecule has 2 aliphatic heterocycles. The number of rotatable bonds is 4. The fourth-order valence-corrected chi connectivity index (χ4v) is 4.79. The Kier molecular flexibility index (Phi) is 4.17. The third-order valence-electron chi connectivity index (χ3n) is 4.64. The van der Waals surface area contributed by atoms with Crippen molar-refractivity contribution in [1.82, 2.24) is 9.80 Å². The molecule has 0 spiro atoms. The van der Waals surface area contributed by atoms with E-state index < -0.39 is 0 Å². The fourth-order valence-electron chi connectivity index (χ4n) is 3.36. The van der Waals surface area contributed by atoms with Crippen LogP contribution >= 0.6 is 11.8 Å². The van der Waals surface area contributed by atoms with Gasteiger partial charge in [-0.15, -0.1) is 11.8 Å². The summed E-state index contributed by atoms with van der Waals surface area (Å²) in [6.45, 7) is 5.35. The van der Waals surface area contributed by atoms with Crippen molar-refractivity contribution >= 4 is 23.6 Å². The number of hydrogen-bond donors (Lipinski definition) is 0. The lowest BCUT2D eigenvalue weighted by molar-refractivity contribution is -0.144. The number of carbonyl (C=O) groups excluding carboxylic acids is 2. The normalized spacial score (nSPS) is 27.1. The molecule has 2 saturated heterocycles. The van der Waals surface area contributed by atoms with Gasteiger partial charge in [-0.1, -0.05) is 30.3 Å². The third-order valence-corrected chi connectivity index (χ3v) is 6.14. The highest BCUT2D eigenvalue weighted by molar-refractivity contribution is 8.01. The summed E-state index contributed by atoms with van der Waals surface area (Å²) in [6.07, 6.45) is 1.42. The standard InChI is InChI=1S/C17H22N2O2S/c1-3-18(11-13-7-5-4-6-8-13)16(21)14-12-22-17(2)10-9-15(20)19(14)17/h4-8,14H,3,9-12H2,1-2H3. The minimum absolute atomic E-state index is 0.0813. The Morgan fingerprint density at radius 2 is 2.14 bits per heavy atom. The van der Waals surface area contributed by atoms with Crippen molar-refractivity contribution in [3.63, 3.8) is 0 Å². The first-order valence-corrected chi connectivity index (χ1v) is 8.82. The quantitative estimate of drug-likeness (QED) is 0.856. The van der Waals surface area contributed by atoms with Gasteiger partial charge in [-0.25, -0.2) is 0 Å². The van der Waals surface area contributed by atoms with Crippen molar-refractivity contribution in [3.05, 3.63) is 35.9 Å². The van der Waals surface area contributed by atoms with Crippen LogP contribution in [0.5, 0.6) is 0 Å². The molecule has 1 aromatic rings. The zero-order valence-corrected chi connectivity index (χ0v) is 13.9. The average molecular weight is 318 g/mol. The maximum atomic E-state index is 12.9. The topological polar surface area (TPSA) is 40.6 Å². The minimum Gasteiger partial charge on any atom is -0.337 e. The van der Waals surface area contributed by atoms with Gasteiger partial charge < -0.3 is 9.80 Å². The summed E-state index contributed by atoms with van der Waals surface area (Å²) in [6, 6.07) is 9.72. The average Bonchev–Trinajstić information content (AvgIpc) is 3.02. The van der Waals surface area contributed by atoms with Crippen LogP contribution in [0.15, 0.2) is 30.3 Å². The van der Waals surface area contributed by atoms with E-state index in [2.05, 4.69) is 6.92 Å². The number of nitrogens with zero attached hydrogens (tertiary/aromatic N) is 2. The van der Waals surface area contributed by atoms with Gasteiger partial charge in [0, 0.05) is 25.3 Å². The number of fused-ring (bicyclic) bond motifs is 1. The molecular weight excluding hydrogens is 296 g/mol. The van der Waals surface area contributed by atoms with Crippen molar-refractivity contribution in [2.45, 2.75) is 44.1 Å². The minimum atomic E-state index is -0.298. The molecule has 2 heterocycles. The van der Waals surface area contributed by atoms with Crippen LogP contribution in [0.2, 0.25) is 0 Å². The molecule has 4 nitrogen and oxygen atoms in total. The molecule has 22 heavy (non-hydrogen) atoms. The summed E-state index contributed by atoms with van der Waals surface area (Å²) in [5.41, 5.74) is 1.12. The number of thioether (sulfide) groups is 1. The summed E-state index contributed by atoms with van der Waals surface area (Å²) in [5.74, 6) is 0.922. The van der Waals surface area contributed by atoms with Crippen LogP contribution in [0, 0.1) is 0 Å². The maximum absolute atomic E-state index is 12.9. The highest BCUT2D eigenvalue weighted by atomic mass is 32.2. The molecule has 118 valence electrons. The van der Waals surface area contributed by atoms with Gasteiger partial charge in [0.1, 0.15) is 6.04 Å². The van der Waals surface area contributed by atoms with E-state index in [1.54, 1.807) is 11.8 Å². The molecule has 2 unspecified atom stereocenters. The Morgan fingerprint density at radius 1 is 1.41 bits per heavy atom. The van der Waals surface area contributed by atoms with Crippen molar-refractivity contribution in [2.24, 2.45) is 0 Å². The molecule has 0 aliphatic carbocycles. The molecule has 2 atom stereocenters. The molecule has 1 aromatic carbocycles. The molecule has 5 heteroatoms. The van der Waals surface area contributed by atoms with Gasteiger partial charge >= 0.3 is 0 Å². The van der Waals surface area contributed by atoms with Crippen LogP contribution in [-0.2, 0) is 16.1 Å².